The zero-order valence-electron chi connectivity index (χ0n) is 19.0. The fourth-order valence-corrected chi connectivity index (χ4v) is 4.39. The lowest BCUT2D eigenvalue weighted by Gasteiger charge is -2.24. The molecule has 0 spiro atoms. The van der Waals surface area contributed by atoms with Crippen LogP contribution in [0.2, 0.25) is 0 Å². The third-order valence-corrected chi connectivity index (χ3v) is 6.09. The van der Waals surface area contributed by atoms with Gasteiger partial charge in [0, 0.05) is 24.1 Å². The lowest BCUT2D eigenvalue weighted by molar-refractivity contribution is -0.143. The average Bonchev–Trinajstić information content (AvgIpc) is 3.38. The molecule has 1 aliphatic carbocycles. The Kier molecular flexibility index (Phi) is 6.71. The lowest BCUT2D eigenvalue weighted by Crippen LogP contribution is -2.28. The summed E-state index contributed by atoms with van der Waals surface area (Å²) in [4.78, 5) is 14.4. The van der Waals surface area contributed by atoms with E-state index in [-0.39, 0.29) is 23.9 Å². The zero-order chi connectivity index (χ0) is 27.2. The average molecular weight is 533 g/mol. The molecule has 1 heterocycles. The maximum Gasteiger partial charge on any atom is 0.416 e. The Morgan fingerprint density at radius 3 is 2.08 bits per heavy atom. The number of aromatic nitrogens is 4. The minimum Gasteiger partial charge on any atom is -0.326 e. The van der Waals surface area contributed by atoms with Gasteiger partial charge in [-0.25, -0.2) is 8.78 Å². The van der Waals surface area contributed by atoms with Gasteiger partial charge in [-0.1, -0.05) is 24.3 Å². The number of alkyl halides is 8. The van der Waals surface area contributed by atoms with Crippen molar-refractivity contribution >= 4 is 11.6 Å². The molecular formula is C23H19F8N5O. The lowest BCUT2D eigenvalue weighted by atomic mass is 9.83. The Morgan fingerprint density at radius 2 is 1.62 bits per heavy atom. The van der Waals surface area contributed by atoms with Crippen LogP contribution in [-0.2, 0) is 24.2 Å². The first-order chi connectivity index (χ1) is 17.1. The number of tetrazole rings is 1. The van der Waals surface area contributed by atoms with Gasteiger partial charge in [-0.3, -0.25) is 4.79 Å². The largest absolute Gasteiger partial charge is 0.416 e. The first-order valence-corrected chi connectivity index (χ1v) is 10.9. The number of carbonyl (C=O) groups is 1. The molecule has 2 atom stereocenters. The fourth-order valence-electron chi connectivity index (χ4n) is 4.39. The van der Waals surface area contributed by atoms with E-state index in [2.05, 4.69) is 20.7 Å². The molecule has 198 valence electrons. The van der Waals surface area contributed by atoms with Gasteiger partial charge in [0.15, 0.2) is 0 Å². The summed E-state index contributed by atoms with van der Waals surface area (Å²) in [6.07, 6.45) is -11.4. The first-order valence-electron chi connectivity index (χ1n) is 10.9. The Bertz CT molecular complexity index is 1250. The van der Waals surface area contributed by atoms with Crippen LogP contribution < -0.4 is 5.32 Å². The van der Waals surface area contributed by atoms with Crippen LogP contribution in [-0.4, -0.2) is 32.0 Å². The van der Waals surface area contributed by atoms with Gasteiger partial charge in [-0.2, -0.15) is 31.1 Å². The molecule has 0 bridgehead atoms. The van der Waals surface area contributed by atoms with Crippen molar-refractivity contribution in [2.24, 2.45) is 13.0 Å². The summed E-state index contributed by atoms with van der Waals surface area (Å²) in [6, 6.07) is 6.63. The van der Waals surface area contributed by atoms with Crippen LogP contribution in [0.4, 0.5) is 40.8 Å². The zero-order valence-corrected chi connectivity index (χ0v) is 19.0. The summed E-state index contributed by atoms with van der Waals surface area (Å²) in [7, 11) is 1.55. The minimum absolute atomic E-state index is 0.0606. The Labute approximate surface area is 204 Å². The summed E-state index contributed by atoms with van der Waals surface area (Å²) in [6.45, 7) is 0. The monoisotopic (exact) mass is 533 g/mol. The number of anilines is 1. The van der Waals surface area contributed by atoms with E-state index in [0.29, 0.717) is 17.7 Å². The number of amides is 1. The molecule has 1 fully saturated rings. The highest BCUT2D eigenvalue weighted by Crippen LogP contribution is 2.46. The van der Waals surface area contributed by atoms with E-state index in [9.17, 15) is 39.9 Å². The summed E-state index contributed by atoms with van der Waals surface area (Å²) < 4.78 is 107. The molecular weight excluding hydrogens is 514 g/mol. The Morgan fingerprint density at radius 1 is 1.03 bits per heavy atom. The highest BCUT2D eigenvalue weighted by atomic mass is 19.4. The van der Waals surface area contributed by atoms with Crippen LogP contribution in [0.15, 0.2) is 42.5 Å². The van der Waals surface area contributed by atoms with Gasteiger partial charge < -0.3 is 5.32 Å². The second-order valence-corrected chi connectivity index (χ2v) is 8.84. The van der Waals surface area contributed by atoms with Gasteiger partial charge >= 0.3 is 12.4 Å². The predicted molar refractivity (Wildman–Crippen MR) is 114 cm³/mol. The van der Waals surface area contributed by atoms with Crippen molar-refractivity contribution in [3.05, 3.63) is 59.2 Å². The Hall–Kier alpha value is -3.58. The van der Waals surface area contributed by atoms with Gasteiger partial charge in [0.05, 0.1) is 24.1 Å². The van der Waals surface area contributed by atoms with E-state index in [0.717, 1.165) is 0 Å². The number of aryl methyl sites for hydroxylation is 1. The van der Waals surface area contributed by atoms with Crippen molar-refractivity contribution in [1.82, 2.24) is 20.2 Å². The van der Waals surface area contributed by atoms with Crippen LogP contribution in [0.25, 0.3) is 11.4 Å². The molecule has 0 aliphatic heterocycles. The SMILES string of the molecule is Cn1nnc(-c2ccc(C(C(=O)Nc3cc(C(F)(F)F)cc(C(F)(F)F)c3)C3CCC(F)(F)C3)cc2)n1. The number of halogens is 8. The molecule has 1 amide bonds. The number of carbonyl (C=O) groups excluding carboxylic acids is 1. The molecule has 3 aromatic rings. The van der Waals surface area contributed by atoms with Crippen LogP contribution in [0, 0.1) is 5.92 Å². The topological polar surface area (TPSA) is 72.7 Å². The Balaban J connectivity index is 1.68. The maximum absolute atomic E-state index is 14.0. The molecule has 0 radical (unpaired) electrons. The highest BCUT2D eigenvalue weighted by Gasteiger charge is 2.45. The summed E-state index contributed by atoms with van der Waals surface area (Å²) in [5.41, 5.74) is -3.21. The summed E-state index contributed by atoms with van der Waals surface area (Å²) in [5.74, 6) is -5.96. The summed E-state index contributed by atoms with van der Waals surface area (Å²) >= 11 is 0. The molecule has 4 rings (SSSR count). The van der Waals surface area contributed by atoms with E-state index < -0.39 is 65.7 Å². The number of nitrogens with zero attached hydrogens (tertiary/aromatic N) is 4. The molecule has 2 aromatic carbocycles. The first kappa shape index (κ1) is 26.5. The van der Waals surface area contributed by atoms with Gasteiger partial charge in [0.1, 0.15) is 0 Å². The highest BCUT2D eigenvalue weighted by molar-refractivity contribution is 5.96. The molecule has 0 saturated heterocycles. The van der Waals surface area contributed by atoms with E-state index in [1.807, 2.05) is 0 Å². The van der Waals surface area contributed by atoms with E-state index in [1.165, 1.54) is 29.1 Å². The molecule has 1 saturated carbocycles. The summed E-state index contributed by atoms with van der Waals surface area (Å²) in [5, 5.41) is 13.7. The van der Waals surface area contributed by atoms with Gasteiger partial charge in [0.25, 0.3) is 0 Å². The molecule has 37 heavy (non-hydrogen) atoms. The molecule has 1 N–H and O–H groups in total. The van der Waals surface area contributed by atoms with E-state index in [4.69, 9.17) is 0 Å². The third-order valence-electron chi connectivity index (χ3n) is 6.09. The maximum atomic E-state index is 14.0. The number of hydrogen-bond acceptors (Lipinski definition) is 4. The van der Waals surface area contributed by atoms with Gasteiger partial charge in [0.2, 0.25) is 17.7 Å². The molecule has 6 nitrogen and oxygen atoms in total. The van der Waals surface area contributed by atoms with Crippen molar-refractivity contribution in [3.8, 4) is 11.4 Å². The van der Waals surface area contributed by atoms with E-state index >= 15 is 0 Å². The third kappa shape index (κ3) is 6.05. The van der Waals surface area contributed by atoms with Crippen molar-refractivity contribution in [2.45, 2.75) is 43.5 Å². The number of hydrogen-bond donors (Lipinski definition) is 1. The van der Waals surface area contributed by atoms with Gasteiger partial charge in [-0.15, -0.1) is 10.2 Å². The molecule has 1 aliphatic rings. The smallest absolute Gasteiger partial charge is 0.326 e. The normalized spacial score (nSPS) is 18.6. The molecule has 2 unspecified atom stereocenters. The van der Waals surface area contributed by atoms with Crippen LogP contribution in [0.1, 0.15) is 41.9 Å². The number of nitrogens with one attached hydrogen (secondary N) is 1. The van der Waals surface area contributed by atoms with Crippen molar-refractivity contribution in [3.63, 3.8) is 0 Å². The second-order valence-electron chi connectivity index (χ2n) is 8.84. The van der Waals surface area contributed by atoms with Gasteiger partial charge in [-0.05, 0) is 41.3 Å². The van der Waals surface area contributed by atoms with E-state index in [1.54, 1.807) is 7.05 Å². The predicted octanol–water partition coefficient (Wildman–Crippen LogP) is 6.07. The van der Waals surface area contributed by atoms with Crippen LogP contribution in [0.3, 0.4) is 0 Å². The second kappa shape index (κ2) is 9.38. The van der Waals surface area contributed by atoms with Crippen molar-refractivity contribution < 1.29 is 39.9 Å². The molecule has 1 aromatic heterocycles. The number of benzene rings is 2. The van der Waals surface area contributed by atoms with Crippen molar-refractivity contribution in [2.75, 3.05) is 5.32 Å². The number of rotatable bonds is 5. The van der Waals surface area contributed by atoms with Crippen LogP contribution in [0.5, 0.6) is 0 Å². The standard InChI is InChI=1S/C23H19F8N5O/c1-36-34-19(33-35-36)13-4-2-12(3-5-13)18(14-6-7-21(24,25)11-14)20(37)32-17-9-15(22(26,27)28)8-16(10-17)23(29,30)31/h2-5,8-10,14,18H,6-7,11H2,1H3,(H,32,37). The van der Waals surface area contributed by atoms with Crippen LogP contribution >= 0.6 is 0 Å². The minimum atomic E-state index is -5.11. The van der Waals surface area contributed by atoms with Crippen molar-refractivity contribution in [1.29, 1.82) is 0 Å². The molecule has 14 heteroatoms. The fraction of sp³-hybridized carbons (Fsp3) is 0.391. The quantitative estimate of drug-likeness (QED) is 0.404.